The van der Waals surface area contributed by atoms with Crippen molar-refractivity contribution < 1.29 is 9.84 Å². The molecule has 1 spiro atoms. The summed E-state index contributed by atoms with van der Waals surface area (Å²) >= 11 is 0. The highest BCUT2D eigenvalue weighted by Crippen LogP contribution is 2.52. The van der Waals surface area contributed by atoms with Crippen LogP contribution in [0, 0.1) is 5.41 Å². The van der Waals surface area contributed by atoms with Gasteiger partial charge in [-0.05, 0) is 81.3 Å². The maximum atomic E-state index is 11.7. The van der Waals surface area contributed by atoms with Gasteiger partial charge in [0.15, 0.2) is 6.35 Å². The summed E-state index contributed by atoms with van der Waals surface area (Å²) in [5, 5.41) is 11.7. The summed E-state index contributed by atoms with van der Waals surface area (Å²) in [6, 6.07) is 19.3. The quantitative estimate of drug-likeness (QED) is 0.604. The minimum atomic E-state index is -0.530. The van der Waals surface area contributed by atoms with Crippen LogP contribution in [0.2, 0.25) is 0 Å². The van der Waals surface area contributed by atoms with Crippen LogP contribution in [0.3, 0.4) is 0 Å². The molecule has 190 valence electrons. The van der Waals surface area contributed by atoms with Gasteiger partial charge in [0.2, 0.25) is 0 Å². The Labute approximate surface area is 211 Å². The zero-order chi connectivity index (χ0) is 24.7. The second-order valence-corrected chi connectivity index (χ2v) is 11.9. The fourth-order valence-electron chi connectivity index (χ4n) is 7.01. The molecule has 5 heteroatoms. The summed E-state index contributed by atoms with van der Waals surface area (Å²) in [6.45, 7) is 5.10. The number of ether oxygens (including phenoxy) is 1. The molecule has 2 aromatic carbocycles. The highest BCUT2D eigenvalue weighted by atomic mass is 16.5. The molecule has 1 unspecified atom stereocenters. The van der Waals surface area contributed by atoms with Gasteiger partial charge in [-0.15, -0.1) is 0 Å². The minimum Gasteiger partial charge on any atom is -0.497 e. The number of aliphatic hydroxyl groups excluding tert-OH is 1. The zero-order valence-corrected chi connectivity index (χ0v) is 22.0. The molecule has 0 aromatic heterocycles. The number of methoxy groups -OCH3 is 1. The van der Waals surface area contributed by atoms with E-state index in [0.29, 0.717) is 5.41 Å². The van der Waals surface area contributed by atoms with Gasteiger partial charge in [0.25, 0.3) is 0 Å². The maximum absolute atomic E-state index is 11.7. The van der Waals surface area contributed by atoms with Crippen LogP contribution in [-0.4, -0.2) is 66.0 Å². The van der Waals surface area contributed by atoms with Crippen LogP contribution in [-0.2, 0) is 12.1 Å². The van der Waals surface area contributed by atoms with Gasteiger partial charge in [-0.1, -0.05) is 55.8 Å². The molecule has 1 atom stereocenters. The smallest absolute Gasteiger partial charge is 0.166 e. The summed E-state index contributed by atoms with van der Waals surface area (Å²) in [7, 11) is 6.17. The van der Waals surface area contributed by atoms with Crippen LogP contribution >= 0.6 is 0 Å². The van der Waals surface area contributed by atoms with Crippen molar-refractivity contribution in [3.8, 4) is 5.75 Å². The molecule has 2 saturated carbocycles. The van der Waals surface area contributed by atoms with E-state index in [0.717, 1.165) is 51.1 Å². The van der Waals surface area contributed by atoms with Crippen molar-refractivity contribution in [1.29, 1.82) is 0 Å². The van der Waals surface area contributed by atoms with E-state index in [1.165, 1.54) is 30.4 Å². The Morgan fingerprint density at radius 1 is 0.943 bits per heavy atom. The number of hydrogen-bond donors (Lipinski definition) is 1. The predicted octanol–water partition coefficient (Wildman–Crippen LogP) is 5.05. The maximum Gasteiger partial charge on any atom is 0.166 e. The molecule has 5 rings (SSSR count). The van der Waals surface area contributed by atoms with Gasteiger partial charge in [0, 0.05) is 30.7 Å². The SMILES string of the molecule is COc1ccc(CN2C[C@]3(CC[C@](c4ccccc4)(N(C)C)CC3)N(CC3(C)CCC3)C2O)cc1. The van der Waals surface area contributed by atoms with E-state index in [1.54, 1.807) is 7.11 Å². The molecule has 35 heavy (non-hydrogen) atoms. The summed E-state index contributed by atoms with van der Waals surface area (Å²) in [5.41, 5.74) is 3.07. The normalized spacial score (nSPS) is 31.1. The van der Waals surface area contributed by atoms with E-state index in [9.17, 15) is 5.11 Å². The molecule has 2 aromatic rings. The summed E-state index contributed by atoms with van der Waals surface area (Å²) in [5.74, 6) is 0.875. The van der Waals surface area contributed by atoms with Crippen LogP contribution in [0.15, 0.2) is 54.6 Å². The highest BCUT2D eigenvalue weighted by molar-refractivity contribution is 5.28. The van der Waals surface area contributed by atoms with E-state index in [1.807, 2.05) is 12.1 Å². The number of nitrogens with zero attached hydrogens (tertiary/aromatic N) is 3. The molecule has 1 N–H and O–H groups in total. The van der Waals surface area contributed by atoms with Gasteiger partial charge in [-0.25, -0.2) is 0 Å². The first-order valence-electron chi connectivity index (χ1n) is 13.3. The van der Waals surface area contributed by atoms with E-state index < -0.39 is 6.35 Å². The second-order valence-electron chi connectivity index (χ2n) is 11.9. The average Bonchev–Trinajstić information content (AvgIpc) is 3.09. The fraction of sp³-hybridized carbons (Fsp3) is 0.600. The Morgan fingerprint density at radius 2 is 1.60 bits per heavy atom. The topological polar surface area (TPSA) is 39.2 Å². The van der Waals surface area contributed by atoms with Crippen molar-refractivity contribution in [3.05, 3.63) is 65.7 Å². The third-order valence-corrected chi connectivity index (χ3v) is 9.54. The van der Waals surface area contributed by atoms with Crippen molar-refractivity contribution in [3.63, 3.8) is 0 Å². The molecule has 2 aliphatic carbocycles. The minimum absolute atomic E-state index is 0.0266. The lowest BCUT2D eigenvalue weighted by atomic mass is 9.66. The predicted molar refractivity (Wildman–Crippen MR) is 141 cm³/mol. The lowest BCUT2D eigenvalue weighted by Gasteiger charge is -2.53. The van der Waals surface area contributed by atoms with Gasteiger partial charge in [0.1, 0.15) is 5.75 Å². The molecule has 0 radical (unpaired) electrons. The van der Waals surface area contributed by atoms with Crippen LogP contribution in [0.5, 0.6) is 5.75 Å². The average molecular weight is 478 g/mol. The molecular weight excluding hydrogens is 434 g/mol. The van der Waals surface area contributed by atoms with Crippen molar-refractivity contribution >= 4 is 0 Å². The molecule has 3 fully saturated rings. The summed E-state index contributed by atoms with van der Waals surface area (Å²) in [4.78, 5) is 7.24. The van der Waals surface area contributed by atoms with Crippen LogP contribution < -0.4 is 4.74 Å². The van der Waals surface area contributed by atoms with Crippen LogP contribution in [0.4, 0.5) is 0 Å². The Kier molecular flexibility index (Phi) is 6.73. The largest absolute Gasteiger partial charge is 0.497 e. The van der Waals surface area contributed by atoms with Crippen LogP contribution in [0.25, 0.3) is 0 Å². The standard InChI is InChI=1S/C30H43N3O2/c1-28(15-8-16-28)22-33-27(34)32(21-24-11-13-26(35-4)14-12-24)23-29(33)17-19-30(20-18-29,31(2)3)25-9-6-5-7-10-25/h5-7,9-14,27,34H,8,15-23H2,1-4H3/t27?,29-,30+. The van der Waals surface area contributed by atoms with Crippen molar-refractivity contribution in [1.82, 2.24) is 14.7 Å². The third kappa shape index (κ3) is 4.53. The van der Waals surface area contributed by atoms with Crippen molar-refractivity contribution in [2.75, 3.05) is 34.3 Å². The number of rotatable bonds is 7. The van der Waals surface area contributed by atoms with Gasteiger partial charge in [0.05, 0.1) is 7.11 Å². The second kappa shape index (κ2) is 9.51. The Hall–Kier alpha value is -1.92. The van der Waals surface area contributed by atoms with Crippen molar-refractivity contribution in [2.45, 2.75) is 75.8 Å². The van der Waals surface area contributed by atoms with Gasteiger partial charge in [-0.3, -0.25) is 14.7 Å². The number of hydrogen-bond acceptors (Lipinski definition) is 5. The molecule has 0 amide bonds. The third-order valence-electron chi connectivity index (χ3n) is 9.54. The summed E-state index contributed by atoms with van der Waals surface area (Å²) < 4.78 is 5.34. The highest BCUT2D eigenvalue weighted by Gasteiger charge is 2.56. The molecular formula is C30H43N3O2. The molecule has 1 saturated heterocycles. The van der Waals surface area contributed by atoms with Gasteiger partial charge in [-0.2, -0.15) is 0 Å². The lowest BCUT2D eigenvalue weighted by molar-refractivity contribution is -0.116. The zero-order valence-electron chi connectivity index (χ0n) is 22.0. The van der Waals surface area contributed by atoms with E-state index in [-0.39, 0.29) is 11.1 Å². The van der Waals surface area contributed by atoms with E-state index in [4.69, 9.17) is 4.74 Å². The Balaban J connectivity index is 1.40. The van der Waals surface area contributed by atoms with Crippen LogP contribution in [0.1, 0.15) is 63.0 Å². The Bertz CT molecular complexity index is 978. The van der Waals surface area contributed by atoms with Gasteiger partial charge < -0.3 is 9.84 Å². The lowest BCUT2D eigenvalue weighted by Crippen LogP contribution is -2.58. The first-order chi connectivity index (χ1) is 16.8. The molecule has 3 aliphatic rings. The number of benzene rings is 2. The molecule has 0 bridgehead atoms. The number of aliphatic hydroxyl groups is 1. The molecule has 1 heterocycles. The van der Waals surface area contributed by atoms with E-state index in [2.05, 4.69) is 78.2 Å². The molecule has 5 nitrogen and oxygen atoms in total. The Morgan fingerprint density at radius 3 is 2.14 bits per heavy atom. The monoisotopic (exact) mass is 477 g/mol. The van der Waals surface area contributed by atoms with E-state index >= 15 is 0 Å². The molecule has 1 aliphatic heterocycles. The summed E-state index contributed by atoms with van der Waals surface area (Å²) in [6.07, 6.45) is 7.77. The first-order valence-corrected chi connectivity index (χ1v) is 13.3. The van der Waals surface area contributed by atoms with Gasteiger partial charge >= 0.3 is 0 Å². The fourth-order valence-corrected chi connectivity index (χ4v) is 7.01. The first kappa shape index (κ1) is 24.8. The van der Waals surface area contributed by atoms with Crippen molar-refractivity contribution in [2.24, 2.45) is 5.41 Å².